The number of aliphatic hydroxyl groups is 1. The van der Waals surface area contributed by atoms with Gasteiger partial charge in [0.1, 0.15) is 0 Å². The predicted molar refractivity (Wildman–Crippen MR) is 77.7 cm³/mol. The molecule has 2 nitrogen and oxygen atoms in total. The van der Waals surface area contributed by atoms with Crippen molar-refractivity contribution in [3.8, 4) is 0 Å². The largest absolute Gasteiger partial charge is 0.391 e. The van der Waals surface area contributed by atoms with Crippen molar-refractivity contribution in [1.82, 2.24) is 0 Å². The van der Waals surface area contributed by atoms with E-state index in [9.17, 15) is 5.11 Å². The van der Waals surface area contributed by atoms with Crippen LogP contribution in [0.4, 0.5) is 0 Å². The van der Waals surface area contributed by atoms with E-state index in [1.807, 2.05) is 37.3 Å². The van der Waals surface area contributed by atoms with Crippen LogP contribution in [0.1, 0.15) is 23.6 Å². The zero-order valence-corrected chi connectivity index (χ0v) is 11.0. The normalized spacial score (nSPS) is 19.5. The second-order valence-corrected chi connectivity index (χ2v) is 5.01. The van der Waals surface area contributed by atoms with Crippen molar-refractivity contribution in [2.75, 3.05) is 0 Å². The Morgan fingerprint density at radius 3 is 2.47 bits per heavy atom. The first-order valence-electron chi connectivity index (χ1n) is 6.65. The van der Waals surface area contributed by atoms with Gasteiger partial charge in [0, 0.05) is 11.1 Å². The topological polar surface area (TPSA) is 32.6 Å². The lowest BCUT2D eigenvalue weighted by atomic mass is 9.89. The molecule has 0 amide bonds. The highest BCUT2D eigenvalue weighted by Crippen LogP contribution is 2.24. The summed E-state index contributed by atoms with van der Waals surface area (Å²) in [7, 11) is 0. The van der Waals surface area contributed by atoms with Gasteiger partial charge in [-0.1, -0.05) is 54.6 Å². The Bertz CT molecular complexity index is 602. The van der Waals surface area contributed by atoms with Gasteiger partial charge in [0.2, 0.25) is 0 Å². The molecule has 2 atom stereocenters. The van der Waals surface area contributed by atoms with E-state index in [2.05, 4.69) is 24.3 Å². The smallest absolute Gasteiger partial charge is 0.0803 e. The van der Waals surface area contributed by atoms with Crippen LogP contribution in [0.5, 0.6) is 0 Å². The molecule has 1 aliphatic rings. The summed E-state index contributed by atoms with van der Waals surface area (Å²) in [4.78, 5) is 4.76. The first-order valence-corrected chi connectivity index (χ1v) is 6.65. The van der Waals surface area contributed by atoms with E-state index >= 15 is 0 Å². The molecular weight excluding hydrogens is 234 g/mol. The molecule has 0 aromatic heterocycles. The average molecular weight is 251 g/mol. The number of rotatable bonds is 2. The minimum atomic E-state index is -0.424. The van der Waals surface area contributed by atoms with E-state index in [1.165, 1.54) is 11.1 Å². The van der Waals surface area contributed by atoms with Gasteiger partial charge in [-0.05, 0) is 18.9 Å². The summed E-state index contributed by atoms with van der Waals surface area (Å²) in [6.07, 6.45) is 0.386. The molecular formula is C17H17NO. The number of aliphatic hydroxyl groups excluding tert-OH is 1. The molecule has 0 fully saturated rings. The summed E-state index contributed by atoms with van der Waals surface area (Å²) in [5.74, 6) is 0. The van der Waals surface area contributed by atoms with Crippen LogP contribution in [-0.2, 0) is 6.42 Å². The first kappa shape index (κ1) is 12.1. The second-order valence-electron chi connectivity index (χ2n) is 5.01. The van der Waals surface area contributed by atoms with E-state index in [0.717, 1.165) is 17.7 Å². The molecule has 0 saturated heterocycles. The van der Waals surface area contributed by atoms with Crippen LogP contribution in [0.15, 0.2) is 59.6 Å². The van der Waals surface area contributed by atoms with Crippen LogP contribution < -0.4 is 0 Å². The molecule has 1 aliphatic heterocycles. The van der Waals surface area contributed by atoms with Crippen molar-refractivity contribution in [1.29, 1.82) is 0 Å². The highest BCUT2D eigenvalue weighted by atomic mass is 16.3. The van der Waals surface area contributed by atoms with Gasteiger partial charge in [-0.15, -0.1) is 0 Å². The van der Waals surface area contributed by atoms with Gasteiger partial charge in [-0.25, -0.2) is 0 Å². The van der Waals surface area contributed by atoms with Crippen LogP contribution in [0.2, 0.25) is 0 Å². The van der Waals surface area contributed by atoms with Crippen LogP contribution >= 0.6 is 0 Å². The molecule has 2 aromatic carbocycles. The van der Waals surface area contributed by atoms with Gasteiger partial charge < -0.3 is 5.11 Å². The Balaban J connectivity index is 2.13. The third kappa shape index (κ3) is 2.32. The van der Waals surface area contributed by atoms with Crippen molar-refractivity contribution in [3.05, 3.63) is 71.3 Å². The Morgan fingerprint density at radius 2 is 1.74 bits per heavy atom. The van der Waals surface area contributed by atoms with Crippen molar-refractivity contribution in [2.24, 2.45) is 4.99 Å². The Kier molecular flexibility index (Phi) is 3.18. The summed E-state index contributed by atoms with van der Waals surface area (Å²) < 4.78 is 0. The first-order chi connectivity index (χ1) is 9.25. The molecule has 2 heteroatoms. The molecule has 2 aromatic rings. The summed E-state index contributed by atoms with van der Waals surface area (Å²) in [5.41, 5.74) is 4.56. The van der Waals surface area contributed by atoms with Gasteiger partial charge in [0.15, 0.2) is 0 Å². The maximum absolute atomic E-state index is 9.86. The monoisotopic (exact) mass is 251 g/mol. The predicted octanol–water partition coefficient (Wildman–Crippen LogP) is 2.83. The molecule has 2 unspecified atom stereocenters. The standard InChI is InChI=1S/C17H17NO/c1-12(19)16-11-14-9-5-6-10-15(14)17(18-16)13-7-3-2-4-8-13/h2-10,12,16,19H,11H2,1H3. The molecule has 0 spiro atoms. The maximum Gasteiger partial charge on any atom is 0.0803 e. The second kappa shape index (κ2) is 4.98. The lowest BCUT2D eigenvalue weighted by Gasteiger charge is -2.25. The zero-order chi connectivity index (χ0) is 13.2. The van der Waals surface area contributed by atoms with Crippen LogP contribution in [0.25, 0.3) is 0 Å². The number of benzene rings is 2. The summed E-state index contributed by atoms with van der Waals surface area (Å²) in [6.45, 7) is 1.81. The molecule has 0 bridgehead atoms. The number of hydrogen-bond acceptors (Lipinski definition) is 2. The van der Waals surface area contributed by atoms with Gasteiger partial charge in [0.05, 0.1) is 17.9 Å². The summed E-state index contributed by atoms with van der Waals surface area (Å²) in [6, 6.07) is 18.5. The van der Waals surface area contributed by atoms with Crippen LogP contribution in [-0.4, -0.2) is 23.0 Å². The number of nitrogens with zero attached hydrogens (tertiary/aromatic N) is 1. The van der Waals surface area contributed by atoms with Crippen LogP contribution in [0.3, 0.4) is 0 Å². The number of hydrogen-bond donors (Lipinski definition) is 1. The van der Waals surface area contributed by atoms with Crippen molar-refractivity contribution in [3.63, 3.8) is 0 Å². The fraction of sp³-hybridized carbons (Fsp3) is 0.235. The minimum absolute atomic E-state index is 0.0508. The van der Waals surface area contributed by atoms with Gasteiger partial charge in [0.25, 0.3) is 0 Å². The molecule has 96 valence electrons. The summed E-state index contributed by atoms with van der Waals surface area (Å²) in [5, 5.41) is 9.86. The molecule has 0 radical (unpaired) electrons. The molecule has 0 saturated carbocycles. The molecule has 3 rings (SSSR count). The van der Waals surface area contributed by atoms with E-state index in [1.54, 1.807) is 0 Å². The van der Waals surface area contributed by atoms with E-state index in [-0.39, 0.29) is 6.04 Å². The molecule has 1 N–H and O–H groups in total. The minimum Gasteiger partial charge on any atom is -0.391 e. The number of fused-ring (bicyclic) bond motifs is 1. The van der Waals surface area contributed by atoms with Crippen molar-refractivity contribution < 1.29 is 5.11 Å². The summed E-state index contributed by atoms with van der Waals surface area (Å²) >= 11 is 0. The van der Waals surface area contributed by atoms with E-state index in [4.69, 9.17) is 4.99 Å². The SMILES string of the molecule is CC(O)C1Cc2ccccc2C(c2ccccc2)=N1. The van der Waals surface area contributed by atoms with Crippen molar-refractivity contribution in [2.45, 2.75) is 25.5 Å². The van der Waals surface area contributed by atoms with E-state index < -0.39 is 6.10 Å². The fourth-order valence-corrected chi connectivity index (χ4v) is 2.54. The lowest BCUT2D eigenvalue weighted by molar-refractivity contribution is 0.163. The molecule has 0 aliphatic carbocycles. The fourth-order valence-electron chi connectivity index (χ4n) is 2.54. The van der Waals surface area contributed by atoms with Crippen molar-refractivity contribution >= 4 is 5.71 Å². The average Bonchev–Trinajstić information content (AvgIpc) is 2.47. The Labute approximate surface area is 113 Å². The van der Waals surface area contributed by atoms with Gasteiger partial charge >= 0.3 is 0 Å². The Hall–Kier alpha value is -1.93. The van der Waals surface area contributed by atoms with E-state index in [0.29, 0.717) is 0 Å². The quantitative estimate of drug-likeness (QED) is 0.874. The highest BCUT2D eigenvalue weighted by Gasteiger charge is 2.24. The Morgan fingerprint density at radius 1 is 1.05 bits per heavy atom. The molecule has 1 heterocycles. The lowest BCUT2D eigenvalue weighted by Crippen LogP contribution is -2.30. The third-order valence-electron chi connectivity index (χ3n) is 3.60. The van der Waals surface area contributed by atoms with Gasteiger partial charge in [-0.2, -0.15) is 0 Å². The third-order valence-corrected chi connectivity index (χ3v) is 3.60. The highest BCUT2D eigenvalue weighted by molar-refractivity contribution is 6.14. The molecule has 19 heavy (non-hydrogen) atoms. The zero-order valence-electron chi connectivity index (χ0n) is 11.0. The van der Waals surface area contributed by atoms with Gasteiger partial charge in [-0.3, -0.25) is 4.99 Å². The number of aliphatic imine (C=N–C) groups is 1. The van der Waals surface area contributed by atoms with Crippen LogP contribution in [0, 0.1) is 0 Å². The maximum atomic E-state index is 9.86.